The lowest BCUT2D eigenvalue weighted by molar-refractivity contribution is 0.103. The van der Waals surface area contributed by atoms with E-state index in [2.05, 4.69) is 36.5 Å². The number of para-hydroxylation sites is 1. The highest BCUT2D eigenvalue weighted by Crippen LogP contribution is 2.28. The molecule has 0 atom stereocenters. The Labute approximate surface area is 166 Å². The van der Waals surface area contributed by atoms with Crippen LogP contribution in [-0.2, 0) is 6.42 Å². The number of rotatable bonds is 5. The number of anilines is 3. The Hall–Kier alpha value is -2.03. The van der Waals surface area contributed by atoms with E-state index in [1.807, 2.05) is 19.1 Å². The summed E-state index contributed by atoms with van der Waals surface area (Å²) in [6, 6.07) is 8.03. The highest BCUT2D eigenvalue weighted by Gasteiger charge is 2.16. The number of thiazole rings is 1. The molecule has 0 saturated heterocycles. The van der Waals surface area contributed by atoms with Gasteiger partial charge in [-0.2, -0.15) is 0 Å². The maximum Gasteiger partial charge on any atom is 0.267 e. The average Bonchev–Trinajstić information content (AvgIpc) is 3.07. The third-order valence-electron chi connectivity index (χ3n) is 3.48. The Balaban J connectivity index is 1.78. The van der Waals surface area contributed by atoms with E-state index < -0.39 is 11.7 Å². The zero-order chi connectivity index (χ0) is 18.7. The second kappa shape index (κ2) is 8.11. The van der Waals surface area contributed by atoms with Gasteiger partial charge in [0.05, 0.1) is 16.9 Å². The number of pyridine rings is 1. The van der Waals surface area contributed by atoms with Crippen molar-refractivity contribution in [3.63, 3.8) is 0 Å². The summed E-state index contributed by atoms with van der Waals surface area (Å²) in [5.74, 6) is -0.416. The van der Waals surface area contributed by atoms with E-state index in [1.54, 1.807) is 0 Å². The predicted octanol–water partition coefficient (Wildman–Crippen LogP) is 5.65. The van der Waals surface area contributed by atoms with Crippen LogP contribution in [-0.4, -0.2) is 15.9 Å². The van der Waals surface area contributed by atoms with Crippen molar-refractivity contribution in [3.05, 3.63) is 62.4 Å². The minimum absolute atomic E-state index is 0.0519. The number of carbonyl (C=O) groups excluding carboxylic acids is 1. The van der Waals surface area contributed by atoms with Crippen molar-refractivity contribution >= 4 is 61.4 Å². The fourth-order valence-electron chi connectivity index (χ4n) is 2.19. The number of aromatic nitrogens is 2. The molecule has 134 valence electrons. The quantitative estimate of drug-likeness (QED) is 0.488. The first-order chi connectivity index (χ1) is 12.5. The predicted molar refractivity (Wildman–Crippen MR) is 106 cm³/mol. The largest absolute Gasteiger partial charge is 0.317 e. The van der Waals surface area contributed by atoms with Gasteiger partial charge in [0.2, 0.25) is 0 Å². The lowest BCUT2D eigenvalue weighted by Gasteiger charge is -2.08. The third kappa shape index (κ3) is 4.20. The van der Waals surface area contributed by atoms with Crippen molar-refractivity contribution in [3.8, 4) is 0 Å². The fourth-order valence-corrected chi connectivity index (χ4v) is 3.42. The average molecular weight is 456 g/mol. The fraction of sp³-hybridized carbons (Fsp3) is 0.118. The van der Waals surface area contributed by atoms with E-state index in [1.165, 1.54) is 24.4 Å². The molecule has 0 spiro atoms. The number of hydrogen-bond acceptors (Lipinski definition) is 5. The molecule has 9 heteroatoms. The second-order valence-corrected chi connectivity index (χ2v) is 7.45. The molecule has 1 aromatic carbocycles. The van der Waals surface area contributed by atoms with Crippen LogP contribution in [0, 0.1) is 5.82 Å². The zero-order valence-electron chi connectivity index (χ0n) is 13.5. The molecule has 0 aliphatic rings. The highest BCUT2D eigenvalue weighted by atomic mass is 79.9. The number of hydrogen-bond donors (Lipinski definition) is 2. The van der Waals surface area contributed by atoms with Gasteiger partial charge in [-0.25, -0.2) is 14.4 Å². The van der Waals surface area contributed by atoms with Gasteiger partial charge >= 0.3 is 0 Å². The molecule has 2 N–H and O–H groups in total. The number of aryl methyl sites for hydroxylation is 1. The number of benzene rings is 1. The Bertz CT molecular complexity index is 945. The number of nitrogens with zero attached hydrogens (tertiary/aromatic N) is 2. The van der Waals surface area contributed by atoms with Crippen LogP contribution in [0.4, 0.5) is 21.0 Å². The molecule has 2 heterocycles. The van der Waals surface area contributed by atoms with Crippen LogP contribution in [0.15, 0.2) is 41.1 Å². The summed E-state index contributed by atoms with van der Waals surface area (Å²) in [4.78, 5) is 21.2. The number of amides is 1. The Kier molecular flexibility index (Phi) is 5.85. The molecule has 0 radical (unpaired) electrons. The normalized spacial score (nSPS) is 10.6. The summed E-state index contributed by atoms with van der Waals surface area (Å²) in [5.41, 5.74) is 0.969. The standard InChI is InChI=1S/C17H13BrClFN4OS/c1-2-9-6-7-13(18)22-15(9)24-17-21-8-12(26-17)16(25)23-14-10(19)4-3-5-11(14)20/h3-8H,2H2,1H3,(H,23,25)(H,21,22,24). The molecule has 3 aromatic rings. The van der Waals surface area contributed by atoms with Gasteiger partial charge in [-0.3, -0.25) is 4.79 Å². The highest BCUT2D eigenvalue weighted by molar-refractivity contribution is 9.10. The van der Waals surface area contributed by atoms with Gasteiger partial charge in [0.1, 0.15) is 21.1 Å². The van der Waals surface area contributed by atoms with Crippen molar-refractivity contribution in [2.45, 2.75) is 13.3 Å². The number of nitrogens with one attached hydrogen (secondary N) is 2. The van der Waals surface area contributed by atoms with Crippen LogP contribution in [0.3, 0.4) is 0 Å². The van der Waals surface area contributed by atoms with Crippen molar-refractivity contribution in [1.29, 1.82) is 0 Å². The first kappa shape index (κ1) is 18.8. The molecule has 0 aliphatic carbocycles. The van der Waals surface area contributed by atoms with Gasteiger partial charge in [0.15, 0.2) is 5.13 Å². The van der Waals surface area contributed by atoms with Crippen molar-refractivity contribution in [2.24, 2.45) is 0 Å². The van der Waals surface area contributed by atoms with E-state index in [0.29, 0.717) is 20.4 Å². The first-order valence-corrected chi connectivity index (χ1v) is 9.60. The van der Waals surface area contributed by atoms with Crippen LogP contribution < -0.4 is 10.6 Å². The molecule has 0 aliphatic heterocycles. The second-order valence-electron chi connectivity index (χ2n) is 5.20. The van der Waals surface area contributed by atoms with Gasteiger partial charge in [-0.05, 0) is 46.1 Å². The van der Waals surface area contributed by atoms with Gasteiger partial charge in [0.25, 0.3) is 5.91 Å². The third-order valence-corrected chi connectivity index (χ3v) is 5.15. The van der Waals surface area contributed by atoms with E-state index in [-0.39, 0.29) is 10.7 Å². The van der Waals surface area contributed by atoms with E-state index in [9.17, 15) is 9.18 Å². The molecular formula is C17H13BrClFN4OS. The van der Waals surface area contributed by atoms with Crippen molar-refractivity contribution < 1.29 is 9.18 Å². The minimum Gasteiger partial charge on any atom is -0.317 e. The van der Waals surface area contributed by atoms with Gasteiger partial charge in [-0.15, -0.1) is 0 Å². The van der Waals surface area contributed by atoms with Crippen LogP contribution >= 0.6 is 38.9 Å². The Morgan fingerprint density at radius 3 is 2.88 bits per heavy atom. The zero-order valence-corrected chi connectivity index (χ0v) is 16.7. The molecule has 5 nitrogen and oxygen atoms in total. The van der Waals surface area contributed by atoms with Gasteiger partial charge in [-0.1, -0.05) is 42.0 Å². The summed E-state index contributed by atoms with van der Waals surface area (Å²) in [5, 5.41) is 6.23. The van der Waals surface area contributed by atoms with Crippen LogP contribution in [0.5, 0.6) is 0 Å². The first-order valence-electron chi connectivity index (χ1n) is 7.61. The molecule has 26 heavy (non-hydrogen) atoms. The summed E-state index contributed by atoms with van der Waals surface area (Å²) < 4.78 is 14.5. The molecule has 0 unspecified atom stereocenters. The maximum absolute atomic E-state index is 13.8. The Morgan fingerprint density at radius 2 is 2.15 bits per heavy atom. The van der Waals surface area contributed by atoms with Gasteiger partial charge in [0, 0.05) is 0 Å². The SMILES string of the molecule is CCc1ccc(Br)nc1Nc1ncc(C(=O)Nc2c(F)cccc2Cl)s1. The van der Waals surface area contributed by atoms with E-state index in [4.69, 9.17) is 11.6 Å². The minimum atomic E-state index is -0.598. The summed E-state index contributed by atoms with van der Waals surface area (Å²) in [6.45, 7) is 2.02. The molecule has 3 rings (SSSR count). The number of halogens is 3. The molecule has 0 fully saturated rings. The van der Waals surface area contributed by atoms with Gasteiger partial charge < -0.3 is 10.6 Å². The molecule has 2 aromatic heterocycles. The molecule has 0 bridgehead atoms. The van der Waals surface area contributed by atoms with E-state index in [0.717, 1.165) is 23.3 Å². The van der Waals surface area contributed by atoms with Crippen molar-refractivity contribution in [2.75, 3.05) is 10.6 Å². The summed E-state index contributed by atoms with van der Waals surface area (Å²) in [6.07, 6.45) is 2.22. The topological polar surface area (TPSA) is 66.9 Å². The Morgan fingerprint density at radius 1 is 1.35 bits per heavy atom. The summed E-state index contributed by atoms with van der Waals surface area (Å²) >= 11 is 10.4. The smallest absolute Gasteiger partial charge is 0.267 e. The van der Waals surface area contributed by atoms with E-state index >= 15 is 0 Å². The maximum atomic E-state index is 13.8. The van der Waals surface area contributed by atoms with Crippen LogP contribution in [0.25, 0.3) is 0 Å². The van der Waals surface area contributed by atoms with Crippen molar-refractivity contribution in [1.82, 2.24) is 9.97 Å². The lowest BCUT2D eigenvalue weighted by Crippen LogP contribution is -2.11. The summed E-state index contributed by atoms with van der Waals surface area (Å²) in [7, 11) is 0. The number of carbonyl (C=O) groups is 1. The van der Waals surface area contributed by atoms with Crippen LogP contribution in [0.2, 0.25) is 5.02 Å². The molecule has 1 amide bonds. The monoisotopic (exact) mass is 454 g/mol. The van der Waals surface area contributed by atoms with Crippen LogP contribution in [0.1, 0.15) is 22.2 Å². The molecular weight excluding hydrogens is 443 g/mol. The lowest BCUT2D eigenvalue weighted by atomic mass is 10.2. The molecule has 0 saturated carbocycles.